The van der Waals surface area contributed by atoms with E-state index in [1.54, 1.807) is 0 Å². The Morgan fingerprint density at radius 2 is 1.79 bits per heavy atom. The van der Waals surface area contributed by atoms with Crippen LogP contribution in [0.15, 0.2) is 48.5 Å². The molecule has 0 radical (unpaired) electrons. The number of anilines is 2. The minimum Gasteiger partial charge on any atom is -0.493 e. The molecule has 1 fully saturated rings. The zero-order valence-electron chi connectivity index (χ0n) is 17.0. The molecule has 5 heteroatoms. The number of morpholine rings is 1. The Morgan fingerprint density at radius 3 is 2.46 bits per heavy atom. The van der Waals surface area contributed by atoms with Crippen molar-refractivity contribution in [3.8, 4) is 5.75 Å². The van der Waals surface area contributed by atoms with Crippen LogP contribution in [-0.4, -0.2) is 37.8 Å². The summed E-state index contributed by atoms with van der Waals surface area (Å²) in [6, 6.07) is 15.9. The van der Waals surface area contributed by atoms with Crippen LogP contribution < -0.4 is 15.0 Å². The molecule has 2 aromatic rings. The van der Waals surface area contributed by atoms with Crippen molar-refractivity contribution >= 4 is 17.3 Å². The highest BCUT2D eigenvalue weighted by atomic mass is 16.5. The van der Waals surface area contributed by atoms with Gasteiger partial charge in [-0.3, -0.25) is 4.79 Å². The first-order valence-electron chi connectivity index (χ1n) is 10.00. The van der Waals surface area contributed by atoms with E-state index in [9.17, 15) is 4.79 Å². The minimum atomic E-state index is 0.00903. The highest BCUT2D eigenvalue weighted by Gasteiger charge is 2.22. The molecule has 1 heterocycles. The van der Waals surface area contributed by atoms with Gasteiger partial charge in [-0.1, -0.05) is 18.2 Å². The Labute approximate surface area is 167 Å². The van der Waals surface area contributed by atoms with Gasteiger partial charge in [0.1, 0.15) is 5.75 Å². The number of carbonyl (C=O) groups is 1. The zero-order chi connectivity index (χ0) is 19.9. The molecule has 5 nitrogen and oxygen atoms in total. The van der Waals surface area contributed by atoms with Gasteiger partial charge < -0.3 is 19.7 Å². The van der Waals surface area contributed by atoms with E-state index in [2.05, 4.69) is 36.2 Å². The first-order chi connectivity index (χ1) is 13.5. The highest BCUT2D eigenvalue weighted by molar-refractivity contribution is 5.90. The SMILES string of the molecule is Cc1ccccc1OCCCC(=O)Nc1ccc(N2CC(C)OC(C)C2)cc1. The Bertz CT molecular complexity index is 766. The molecule has 2 aromatic carbocycles. The van der Waals surface area contributed by atoms with Gasteiger partial charge in [-0.25, -0.2) is 0 Å². The Morgan fingerprint density at radius 1 is 1.11 bits per heavy atom. The number of ether oxygens (including phenoxy) is 2. The Kier molecular flexibility index (Phi) is 6.93. The predicted molar refractivity (Wildman–Crippen MR) is 113 cm³/mol. The molecule has 1 aliphatic heterocycles. The lowest BCUT2D eigenvalue weighted by Gasteiger charge is -2.36. The van der Waals surface area contributed by atoms with Crippen LogP contribution in [0.25, 0.3) is 0 Å². The third-order valence-electron chi connectivity index (χ3n) is 4.84. The van der Waals surface area contributed by atoms with E-state index in [0.29, 0.717) is 19.4 Å². The van der Waals surface area contributed by atoms with Crippen LogP contribution in [0.1, 0.15) is 32.3 Å². The normalized spacial score (nSPS) is 19.3. The van der Waals surface area contributed by atoms with Crippen LogP contribution in [0.5, 0.6) is 5.75 Å². The van der Waals surface area contributed by atoms with Crippen LogP contribution in [0.2, 0.25) is 0 Å². The number of hydrogen-bond donors (Lipinski definition) is 1. The number of hydrogen-bond acceptors (Lipinski definition) is 4. The summed E-state index contributed by atoms with van der Waals surface area (Å²) in [5, 5.41) is 2.96. The van der Waals surface area contributed by atoms with Crippen LogP contribution >= 0.6 is 0 Å². The number of nitrogens with one attached hydrogen (secondary N) is 1. The second-order valence-corrected chi connectivity index (χ2v) is 7.47. The molecule has 0 aliphatic carbocycles. The fourth-order valence-corrected chi connectivity index (χ4v) is 3.50. The number of aryl methyl sites for hydroxylation is 1. The highest BCUT2D eigenvalue weighted by Crippen LogP contribution is 2.22. The molecule has 150 valence electrons. The van der Waals surface area contributed by atoms with Gasteiger partial charge in [-0.05, 0) is 63.1 Å². The number of nitrogens with zero attached hydrogens (tertiary/aromatic N) is 1. The van der Waals surface area contributed by atoms with Crippen molar-refractivity contribution in [1.82, 2.24) is 0 Å². The predicted octanol–water partition coefficient (Wildman–Crippen LogP) is 4.41. The van der Waals surface area contributed by atoms with Gasteiger partial charge in [0.25, 0.3) is 0 Å². The molecule has 1 saturated heterocycles. The van der Waals surface area contributed by atoms with Gasteiger partial charge in [0.2, 0.25) is 5.91 Å². The summed E-state index contributed by atoms with van der Waals surface area (Å²) >= 11 is 0. The molecule has 2 atom stereocenters. The molecule has 28 heavy (non-hydrogen) atoms. The van der Waals surface area contributed by atoms with E-state index in [1.807, 2.05) is 43.3 Å². The summed E-state index contributed by atoms with van der Waals surface area (Å²) in [7, 11) is 0. The summed E-state index contributed by atoms with van der Waals surface area (Å²) in [4.78, 5) is 14.5. The Balaban J connectivity index is 1.42. The van der Waals surface area contributed by atoms with Gasteiger partial charge in [-0.2, -0.15) is 0 Å². The van der Waals surface area contributed by atoms with E-state index in [0.717, 1.165) is 35.8 Å². The Hall–Kier alpha value is -2.53. The average Bonchev–Trinajstić information content (AvgIpc) is 2.66. The summed E-state index contributed by atoms with van der Waals surface area (Å²) in [5.74, 6) is 0.889. The van der Waals surface area contributed by atoms with Crippen molar-refractivity contribution in [2.24, 2.45) is 0 Å². The fourth-order valence-electron chi connectivity index (χ4n) is 3.50. The molecule has 0 spiro atoms. The van der Waals surface area contributed by atoms with Crippen molar-refractivity contribution in [3.05, 3.63) is 54.1 Å². The third-order valence-corrected chi connectivity index (χ3v) is 4.84. The molecule has 0 saturated carbocycles. The molecule has 3 rings (SSSR count). The summed E-state index contributed by atoms with van der Waals surface area (Å²) in [6.07, 6.45) is 1.57. The van der Waals surface area contributed by atoms with Crippen molar-refractivity contribution < 1.29 is 14.3 Å². The van der Waals surface area contributed by atoms with Crippen molar-refractivity contribution in [2.45, 2.75) is 45.8 Å². The summed E-state index contributed by atoms with van der Waals surface area (Å²) in [5.41, 5.74) is 3.09. The van der Waals surface area contributed by atoms with Gasteiger partial charge in [-0.15, -0.1) is 0 Å². The van der Waals surface area contributed by atoms with E-state index in [-0.39, 0.29) is 18.1 Å². The lowest BCUT2D eigenvalue weighted by molar-refractivity contribution is -0.116. The molecule has 0 aromatic heterocycles. The topological polar surface area (TPSA) is 50.8 Å². The monoisotopic (exact) mass is 382 g/mol. The van der Waals surface area contributed by atoms with Crippen LogP contribution in [0, 0.1) is 6.92 Å². The van der Waals surface area contributed by atoms with Crippen molar-refractivity contribution in [1.29, 1.82) is 0 Å². The van der Waals surface area contributed by atoms with E-state index in [1.165, 1.54) is 0 Å². The zero-order valence-corrected chi connectivity index (χ0v) is 17.0. The largest absolute Gasteiger partial charge is 0.493 e. The maximum atomic E-state index is 12.2. The number of rotatable bonds is 7. The lowest BCUT2D eigenvalue weighted by atomic mass is 10.2. The standard InChI is InChI=1S/C23H30N2O3/c1-17-7-4-5-8-22(17)27-14-6-9-23(26)24-20-10-12-21(13-11-20)25-15-18(2)28-19(3)16-25/h4-5,7-8,10-13,18-19H,6,9,14-16H2,1-3H3,(H,24,26). The van der Waals surface area contributed by atoms with Gasteiger partial charge in [0, 0.05) is 30.9 Å². The van der Waals surface area contributed by atoms with Crippen LogP contribution in [0.4, 0.5) is 11.4 Å². The maximum absolute atomic E-state index is 12.2. The molecule has 1 amide bonds. The number of para-hydroxylation sites is 1. The van der Waals surface area contributed by atoms with E-state index < -0.39 is 0 Å². The van der Waals surface area contributed by atoms with Crippen molar-refractivity contribution in [3.63, 3.8) is 0 Å². The van der Waals surface area contributed by atoms with Crippen molar-refractivity contribution in [2.75, 3.05) is 29.9 Å². The molecule has 2 unspecified atom stereocenters. The molecule has 0 bridgehead atoms. The molecule has 1 aliphatic rings. The van der Waals surface area contributed by atoms with E-state index in [4.69, 9.17) is 9.47 Å². The first-order valence-corrected chi connectivity index (χ1v) is 10.00. The van der Waals surface area contributed by atoms with Gasteiger partial charge >= 0.3 is 0 Å². The van der Waals surface area contributed by atoms with Gasteiger partial charge in [0.15, 0.2) is 0 Å². The smallest absolute Gasteiger partial charge is 0.224 e. The lowest BCUT2D eigenvalue weighted by Crippen LogP contribution is -2.45. The minimum absolute atomic E-state index is 0.00903. The number of benzene rings is 2. The van der Waals surface area contributed by atoms with E-state index >= 15 is 0 Å². The second kappa shape index (κ2) is 9.60. The first kappa shape index (κ1) is 20.2. The average molecular weight is 383 g/mol. The molecular weight excluding hydrogens is 352 g/mol. The maximum Gasteiger partial charge on any atom is 0.224 e. The summed E-state index contributed by atoms with van der Waals surface area (Å²) in [6.45, 7) is 8.52. The number of carbonyl (C=O) groups excluding carboxylic acids is 1. The fraction of sp³-hybridized carbons (Fsp3) is 0.435. The van der Waals surface area contributed by atoms with Gasteiger partial charge in [0.05, 0.1) is 18.8 Å². The second-order valence-electron chi connectivity index (χ2n) is 7.47. The molecule has 1 N–H and O–H groups in total. The number of amides is 1. The molecular formula is C23H30N2O3. The quantitative estimate of drug-likeness (QED) is 0.721. The van der Waals surface area contributed by atoms with Crippen LogP contribution in [-0.2, 0) is 9.53 Å². The third kappa shape index (κ3) is 5.73. The summed E-state index contributed by atoms with van der Waals surface area (Å²) < 4.78 is 11.5. The van der Waals surface area contributed by atoms with Crippen LogP contribution in [0.3, 0.4) is 0 Å².